The van der Waals surface area contributed by atoms with Crippen LogP contribution in [0.25, 0.3) is 17.2 Å². The molecule has 0 radical (unpaired) electrons. The molecule has 1 atom stereocenters. The maximum Gasteiger partial charge on any atom is 0.243 e. The van der Waals surface area contributed by atoms with Gasteiger partial charge in [0, 0.05) is 39.0 Å². The molecule has 2 aliphatic rings. The Hall–Kier alpha value is -2.54. The number of carbonyl (C=O) groups excluding carboxylic acids is 1. The lowest BCUT2D eigenvalue weighted by molar-refractivity contribution is -0.129. The number of hydrogen-bond acceptors (Lipinski definition) is 4. The number of thiocarbonyl (C=S) groups is 1. The zero-order valence-electron chi connectivity index (χ0n) is 22.8. The molecular formula is C32H43N3O2S. The summed E-state index contributed by atoms with van der Waals surface area (Å²) in [5, 5.41) is 8.63. The summed E-state index contributed by atoms with van der Waals surface area (Å²) in [5.41, 5.74) is 8.47. The van der Waals surface area contributed by atoms with Gasteiger partial charge in [-0.05, 0) is 66.5 Å². The molecule has 2 aromatic rings. The number of carbonyl (C=O) groups is 1. The van der Waals surface area contributed by atoms with Crippen LogP contribution < -0.4 is 5.48 Å². The second-order valence-corrected chi connectivity index (χ2v) is 11.4. The Kier molecular flexibility index (Phi) is 10.9. The largest absolute Gasteiger partial charge is 0.364 e. The van der Waals surface area contributed by atoms with E-state index in [9.17, 15) is 4.79 Å². The molecule has 1 aliphatic carbocycles. The molecule has 1 unspecified atom stereocenters. The Labute approximate surface area is 233 Å². The van der Waals surface area contributed by atoms with Gasteiger partial charge in [0.2, 0.25) is 5.91 Å². The summed E-state index contributed by atoms with van der Waals surface area (Å²) < 4.78 is 0. The summed E-state index contributed by atoms with van der Waals surface area (Å²) in [4.78, 5) is 17.1. The monoisotopic (exact) mass is 533 g/mol. The molecule has 0 aromatic heterocycles. The van der Waals surface area contributed by atoms with Crippen LogP contribution in [0.3, 0.4) is 0 Å². The number of likely N-dealkylation sites (N-methyl/N-ethyl adjacent to an activating group) is 1. The van der Waals surface area contributed by atoms with E-state index in [0.29, 0.717) is 12.3 Å². The first kappa shape index (κ1) is 28.5. The Morgan fingerprint density at radius 3 is 2.45 bits per heavy atom. The van der Waals surface area contributed by atoms with Crippen LogP contribution in [0.15, 0.2) is 48.5 Å². The SMILES string of the molecule is CN1CCN(C(=S)CC(CCCCCCCC(=O)NO)c2ccc(-c3ccc4c(c3)CCC=C4)cc2)CC1. The number of amides is 1. The summed E-state index contributed by atoms with van der Waals surface area (Å²) in [6, 6.07) is 16.1. The molecule has 1 amide bonds. The molecule has 4 rings (SSSR count). The van der Waals surface area contributed by atoms with Crippen LogP contribution in [0.4, 0.5) is 0 Å². The third kappa shape index (κ3) is 8.23. The first-order valence-corrected chi connectivity index (χ1v) is 14.7. The minimum atomic E-state index is -0.293. The third-order valence-corrected chi connectivity index (χ3v) is 8.52. The van der Waals surface area contributed by atoms with Gasteiger partial charge in [-0.3, -0.25) is 10.0 Å². The van der Waals surface area contributed by atoms with Gasteiger partial charge in [0.1, 0.15) is 0 Å². The van der Waals surface area contributed by atoms with Crippen molar-refractivity contribution in [2.24, 2.45) is 0 Å². The van der Waals surface area contributed by atoms with E-state index in [2.05, 4.69) is 71.5 Å². The van der Waals surface area contributed by atoms with Gasteiger partial charge in [-0.25, -0.2) is 5.48 Å². The van der Waals surface area contributed by atoms with Gasteiger partial charge in [-0.15, -0.1) is 0 Å². The lowest BCUT2D eigenvalue weighted by Crippen LogP contribution is -2.46. The van der Waals surface area contributed by atoms with Crippen LogP contribution in [-0.4, -0.2) is 59.1 Å². The average molecular weight is 534 g/mol. The summed E-state index contributed by atoms with van der Waals surface area (Å²) >= 11 is 5.96. The normalized spacial score (nSPS) is 16.2. The fourth-order valence-corrected chi connectivity index (χ4v) is 5.99. The van der Waals surface area contributed by atoms with Crippen LogP contribution >= 0.6 is 12.2 Å². The number of aryl methyl sites for hydroxylation is 1. The fourth-order valence-electron chi connectivity index (χ4n) is 5.61. The Morgan fingerprint density at radius 2 is 1.68 bits per heavy atom. The molecule has 6 heteroatoms. The maximum absolute atomic E-state index is 11.2. The Bertz CT molecular complexity index is 1090. The molecule has 0 spiro atoms. The van der Waals surface area contributed by atoms with Crippen molar-refractivity contribution in [2.75, 3.05) is 33.2 Å². The number of allylic oxidation sites excluding steroid dienone is 1. The van der Waals surface area contributed by atoms with E-state index in [1.807, 2.05) is 0 Å². The number of rotatable bonds is 12. The van der Waals surface area contributed by atoms with Gasteiger partial charge in [0.05, 0.1) is 4.99 Å². The van der Waals surface area contributed by atoms with Gasteiger partial charge in [0.25, 0.3) is 0 Å². The maximum atomic E-state index is 11.2. The highest BCUT2D eigenvalue weighted by atomic mass is 32.1. The molecule has 38 heavy (non-hydrogen) atoms. The number of hydrogen-bond donors (Lipinski definition) is 2. The van der Waals surface area contributed by atoms with Crippen molar-refractivity contribution < 1.29 is 10.0 Å². The van der Waals surface area contributed by atoms with Gasteiger partial charge < -0.3 is 9.80 Å². The third-order valence-electron chi connectivity index (χ3n) is 8.09. The highest BCUT2D eigenvalue weighted by Gasteiger charge is 2.21. The van der Waals surface area contributed by atoms with Crippen LogP contribution in [0.5, 0.6) is 0 Å². The van der Waals surface area contributed by atoms with Crippen LogP contribution in [0.1, 0.15) is 80.4 Å². The van der Waals surface area contributed by atoms with Crippen molar-refractivity contribution in [1.29, 1.82) is 0 Å². The van der Waals surface area contributed by atoms with Gasteiger partial charge in [-0.1, -0.05) is 92.5 Å². The molecular weight excluding hydrogens is 490 g/mol. The zero-order valence-corrected chi connectivity index (χ0v) is 23.6. The molecule has 2 aromatic carbocycles. The molecule has 2 N–H and O–H groups in total. The quantitative estimate of drug-likeness (QED) is 0.139. The highest BCUT2D eigenvalue weighted by Crippen LogP contribution is 2.31. The summed E-state index contributed by atoms with van der Waals surface area (Å²) in [6.45, 7) is 4.20. The number of nitrogens with zero attached hydrogens (tertiary/aromatic N) is 2. The molecule has 1 aliphatic heterocycles. The highest BCUT2D eigenvalue weighted by molar-refractivity contribution is 7.80. The fraction of sp³-hybridized carbons (Fsp3) is 0.500. The number of fused-ring (bicyclic) bond motifs is 1. The zero-order chi connectivity index (χ0) is 26.7. The van der Waals surface area contributed by atoms with E-state index in [4.69, 9.17) is 17.4 Å². The summed E-state index contributed by atoms with van der Waals surface area (Å²) in [7, 11) is 2.18. The molecule has 1 saturated heterocycles. The molecule has 0 bridgehead atoms. The second kappa shape index (κ2) is 14.6. The molecule has 0 saturated carbocycles. The summed E-state index contributed by atoms with van der Waals surface area (Å²) in [5.74, 6) is 0.128. The van der Waals surface area contributed by atoms with Gasteiger partial charge in [0.15, 0.2) is 0 Å². The van der Waals surface area contributed by atoms with Crippen LogP contribution in [0, 0.1) is 0 Å². The standard InChI is InChI=1S/C32H43N3O2S/c1-34-19-21-35(22-20-34)32(38)24-29(10-5-3-2-4-6-12-31(36)33-37)26-13-15-27(16-14-26)30-18-17-25-9-7-8-11-28(25)23-30/h7,9,13-18,23,29,37H,2-6,8,10-12,19-22,24H2,1H3,(H,33,36). The number of piperazine rings is 1. The van der Waals surface area contributed by atoms with Crippen LogP contribution in [0.2, 0.25) is 0 Å². The van der Waals surface area contributed by atoms with Crippen LogP contribution in [-0.2, 0) is 11.2 Å². The number of hydroxylamine groups is 1. The van der Waals surface area contributed by atoms with E-state index in [0.717, 1.165) is 89.0 Å². The van der Waals surface area contributed by atoms with Crippen molar-refractivity contribution in [3.63, 3.8) is 0 Å². The van der Waals surface area contributed by atoms with E-state index >= 15 is 0 Å². The number of unbranched alkanes of at least 4 members (excludes halogenated alkanes) is 4. The number of benzene rings is 2. The average Bonchev–Trinajstić information content (AvgIpc) is 2.96. The summed E-state index contributed by atoms with van der Waals surface area (Å²) in [6.07, 6.45) is 14.5. The Morgan fingerprint density at radius 1 is 0.974 bits per heavy atom. The van der Waals surface area contributed by atoms with E-state index in [1.54, 1.807) is 5.48 Å². The lowest BCUT2D eigenvalue weighted by Gasteiger charge is -2.35. The lowest BCUT2D eigenvalue weighted by atomic mass is 9.88. The van der Waals surface area contributed by atoms with Crippen molar-refractivity contribution in [3.8, 4) is 11.1 Å². The van der Waals surface area contributed by atoms with Crippen molar-refractivity contribution in [1.82, 2.24) is 15.3 Å². The minimum absolute atomic E-state index is 0.293. The molecule has 5 nitrogen and oxygen atoms in total. The van der Waals surface area contributed by atoms with Crippen molar-refractivity contribution in [3.05, 3.63) is 65.2 Å². The molecule has 204 valence electrons. The number of nitrogens with one attached hydrogen (secondary N) is 1. The predicted octanol–water partition coefficient (Wildman–Crippen LogP) is 6.60. The predicted molar refractivity (Wildman–Crippen MR) is 161 cm³/mol. The van der Waals surface area contributed by atoms with Crippen molar-refractivity contribution in [2.45, 2.75) is 70.1 Å². The van der Waals surface area contributed by atoms with Gasteiger partial charge in [-0.2, -0.15) is 0 Å². The first-order valence-electron chi connectivity index (χ1n) is 14.3. The van der Waals surface area contributed by atoms with E-state index in [-0.39, 0.29) is 5.91 Å². The Balaban J connectivity index is 1.38. The minimum Gasteiger partial charge on any atom is -0.364 e. The molecule has 1 fully saturated rings. The van der Waals surface area contributed by atoms with Gasteiger partial charge >= 0.3 is 0 Å². The second-order valence-electron chi connectivity index (χ2n) is 10.9. The molecule has 1 heterocycles. The first-order chi connectivity index (χ1) is 18.5. The van der Waals surface area contributed by atoms with E-state index < -0.39 is 0 Å². The van der Waals surface area contributed by atoms with E-state index in [1.165, 1.54) is 27.8 Å². The smallest absolute Gasteiger partial charge is 0.243 e. The van der Waals surface area contributed by atoms with Crippen molar-refractivity contribution >= 4 is 29.2 Å². The topological polar surface area (TPSA) is 55.8 Å².